The molecule has 2 aliphatic heterocycles. The maximum absolute atomic E-state index is 11.6. The van der Waals surface area contributed by atoms with E-state index in [1.807, 2.05) is 18.2 Å². The number of rotatable bonds is 1. The lowest BCUT2D eigenvalue weighted by atomic mass is 10.1. The number of anilines is 2. The van der Waals surface area contributed by atoms with Crippen molar-refractivity contribution in [1.82, 2.24) is 4.90 Å². The molecule has 0 spiro atoms. The highest BCUT2D eigenvalue weighted by atomic mass is 16.2. The molecule has 5 heteroatoms. The van der Waals surface area contributed by atoms with Gasteiger partial charge in [0.15, 0.2) is 0 Å². The quantitative estimate of drug-likeness (QED) is 0.735. The van der Waals surface area contributed by atoms with E-state index in [1.54, 1.807) is 0 Å². The molecule has 3 rings (SSSR count). The summed E-state index contributed by atoms with van der Waals surface area (Å²) in [7, 11) is 2.10. The van der Waals surface area contributed by atoms with Gasteiger partial charge in [-0.3, -0.25) is 9.59 Å². The van der Waals surface area contributed by atoms with Crippen LogP contribution in [0.15, 0.2) is 18.2 Å². The zero-order chi connectivity index (χ0) is 12.7. The van der Waals surface area contributed by atoms with E-state index in [1.165, 1.54) is 0 Å². The fourth-order valence-electron chi connectivity index (χ4n) is 2.39. The van der Waals surface area contributed by atoms with Crippen molar-refractivity contribution in [2.24, 2.45) is 0 Å². The molecule has 2 aliphatic rings. The third-order valence-corrected chi connectivity index (χ3v) is 3.57. The van der Waals surface area contributed by atoms with Crippen molar-refractivity contribution in [3.8, 4) is 0 Å². The summed E-state index contributed by atoms with van der Waals surface area (Å²) < 4.78 is 0. The molecule has 0 atom stereocenters. The summed E-state index contributed by atoms with van der Waals surface area (Å²) in [6.45, 7) is 3.93. The smallest absolute Gasteiger partial charge is 0.296 e. The van der Waals surface area contributed by atoms with Crippen LogP contribution in [0.3, 0.4) is 0 Å². The molecule has 1 aromatic rings. The molecule has 1 amide bonds. The zero-order valence-electron chi connectivity index (χ0n) is 10.3. The Hall–Kier alpha value is -1.88. The van der Waals surface area contributed by atoms with Crippen molar-refractivity contribution in [2.45, 2.75) is 0 Å². The molecule has 0 radical (unpaired) electrons. The predicted molar refractivity (Wildman–Crippen MR) is 69.1 cm³/mol. The van der Waals surface area contributed by atoms with Gasteiger partial charge >= 0.3 is 0 Å². The normalized spacial score (nSPS) is 19.9. The number of carbonyl (C=O) groups is 2. The second-order valence-electron chi connectivity index (χ2n) is 4.80. The van der Waals surface area contributed by atoms with Gasteiger partial charge in [0.25, 0.3) is 11.7 Å². The molecular weight excluding hydrogens is 230 g/mol. The second-order valence-corrected chi connectivity index (χ2v) is 4.80. The number of nitrogens with one attached hydrogen (secondary N) is 1. The molecule has 0 saturated carbocycles. The Morgan fingerprint density at radius 2 is 1.83 bits per heavy atom. The summed E-state index contributed by atoms with van der Waals surface area (Å²) in [5.74, 6) is -0.957. The number of benzene rings is 1. The Labute approximate surface area is 105 Å². The highest BCUT2D eigenvalue weighted by molar-refractivity contribution is 6.51. The van der Waals surface area contributed by atoms with Crippen LogP contribution in [-0.2, 0) is 4.79 Å². The van der Waals surface area contributed by atoms with Gasteiger partial charge in [0.1, 0.15) is 0 Å². The van der Waals surface area contributed by atoms with E-state index < -0.39 is 11.7 Å². The Morgan fingerprint density at radius 3 is 2.56 bits per heavy atom. The van der Waals surface area contributed by atoms with Crippen LogP contribution in [0.5, 0.6) is 0 Å². The van der Waals surface area contributed by atoms with Gasteiger partial charge in [-0.25, -0.2) is 0 Å². The number of fused-ring (bicyclic) bond motifs is 1. The van der Waals surface area contributed by atoms with Gasteiger partial charge in [-0.1, -0.05) is 0 Å². The third-order valence-electron chi connectivity index (χ3n) is 3.57. The lowest BCUT2D eigenvalue weighted by Gasteiger charge is -2.34. The number of nitrogens with zero attached hydrogens (tertiary/aromatic N) is 2. The first kappa shape index (κ1) is 11.2. The molecule has 1 fully saturated rings. The minimum absolute atomic E-state index is 0.430. The Bertz CT molecular complexity index is 519. The Kier molecular flexibility index (Phi) is 2.56. The van der Waals surface area contributed by atoms with Crippen LogP contribution in [0.4, 0.5) is 11.4 Å². The summed E-state index contributed by atoms with van der Waals surface area (Å²) in [5, 5.41) is 2.57. The van der Waals surface area contributed by atoms with Gasteiger partial charge in [0.2, 0.25) is 0 Å². The lowest BCUT2D eigenvalue weighted by Crippen LogP contribution is -2.44. The molecule has 2 heterocycles. The molecule has 0 aromatic heterocycles. The van der Waals surface area contributed by atoms with Crippen LogP contribution in [0.1, 0.15) is 10.4 Å². The first-order valence-electron chi connectivity index (χ1n) is 6.08. The second kappa shape index (κ2) is 4.10. The Morgan fingerprint density at radius 1 is 1.11 bits per heavy atom. The number of Topliss-reactive ketones (excluding diaryl/α,β-unsaturated/α-hetero) is 1. The average molecular weight is 245 g/mol. The number of hydrogen-bond donors (Lipinski definition) is 1. The molecule has 1 N–H and O–H groups in total. The van der Waals surface area contributed by atoms with Crippen LogP contribution in [0.2, 0.25) is 0 Å². The molecule has 5 nitrogen and oxygen atoms in total. The topological polar surface area (TPSA) is 52.7 Å². The fraction of sp³-hybridized carbons (Fsp3) is 0.385. The van der Waals surface area contributed by atoms with Crippen LogP contribution >= 0.6 is 0 Å². The average Bonchev–Trinajstić information content (AvgIpc) is 2.66. The summed E-state index contributed by atoms with van der Waals surface area (Å²) in [4.78, 5) is 27.4. The van der Waals surface area contributed by atoms with Gasteiger partial charge in [-0.2, -0.15) is 0 Å². The first-order chi connectivity index (χ1) is 8.65. The SMILES string of the molecule is CN1CCN(c2ccc3c(c2)C(=O)C(=O)N3)CC1. The molecule has 1 saturated heterocycles. The maximum Gasteiger partial charge on any atom is 0.296 e. The van der Waals surface area contributed by atoms with Crippen molar-refractivity contribution in [3.05, 3.63) is 23.8 Å². The predicted octanol–water partition coefficient (Wildman–Crippen LogP) is 0.573. The molecular formula is C13H15N3O2. The molecule has 94 valence electrons. The molecule has 0 aliphatic carbocycles. The summed E-state index contributed by atoms with van der Waals surface area (Å²) in [6.07, 6.45) is 0. The monoisotopic (exact) mass is 245 g/mol. The summed E-state index contributed by atoms with van der Waals surface area (Å²) >= 11 is 0. The van der Waals surface area contributed by atoms with Crippen LogP contribution in [-0.4, -0.2) is 49.8 Å². The van der Waals surface area contributed by atoms with E-state index in [9.17, 15) is 9.59 Å². The zero-order valence-corrected chi connectivity index (χ0v) is 10.3. The molecule has 1 aromatic carbocycles. The maximum atomic E-state index is 11.6. The highest BCUT2D eigenvalue weighted by Crippen LogP contribution is 2.28. The van der Waals surface area contributed by atoms with E-state index in [0.717, 1.165) is 31.9 Å². The summed E-state index contributed by atoms with van der Waals surface area (Å²) in [6, 6.07) is 5.59. The van der Waals surface area contributed by atoms with Crippen LogP contribution in [0.25, 0.3) is 0 Å². The minimum atomic E-state index is -0.527. The first-order valence-corrected chi connectivity index (χ1v) is 6.08. The third kappa shape index (κ3) is 1.76. The number of piperazine rings is 1. The highest BCUT2D eigenvalue weighted by Gasteiger charge is 2.28. The fourth-order valence-corrected chi connectivity index (χ4v) is 2.39. The largest absolute Gasteiger partial charge is 0.369 e. The van der Waals surface area contributed by atoms with Crippen molar-refractivity contribution >= 4 is 23.1 Å². The van der Waals surface area contributed by atoms with Gasteiger partial charge in [0.05, 0.1) is 11.3 Å². The van der Waals surface area contributed by atoms with Gasteiger partial charge in [-0.05, 0) is 25.2 Å². The Balaban J connectivity index is 1.87. The number of carbonyl (C=O) groups excluding carboxylic acids is 2. The number of likely N-dealkylation sites (N-methyl/N-ethyl adjacent to an activating group) is 1. The molecule has 0 bridgehead atoms. The van der Waals surface area contributed by atoms with E-state index in [4.69, 9.17) is 0 Å². The van der Waals surface area contributed by atoms with E-state index >= 15 is 0 Å². The van der Waals surface area contributed by atoms with E-state index in [2.05, 4.69) is 22.2 Å². The minimum Gasteiger partial charge on any atom is -0.369 e. The lowest BCUT2D eigenvalue weighted by molar-refractivity contribution is -0.112. The van der Waals surface area contributed by atoms with Gasteiger partial charge in [0, 0.05) is 31.9 Å². The van der Waals surface area contributed by atoms with Crippen molar-refractivity contribution in [1.29, 1.82) is 0 Å². The van der Waals surface area contributed by atoms with Crippen molar-refractivity contribution in [3.63, 3.8) is 0 Å². The van der Waals surface area contributed by atoms with E-state index in [-0.39, 0.29) is 0 Å². The van der Waals surface area contributed by atoms with Crippen LogP contribution in [0, 0.1) is 0 Å². The number of ketones is 1. The number of amides is 1. The van der Waals surface area contributed by atoms with Gasteiger partial charge in [-0.15, -0.1) is 0 Å². The van der Waals surface area contributed by atoms with Gasteiger partial charge < -0.3 is 15.1 Å². The standard InChI is InChI=1S/C13H15N3O2/c1-15-4-6-16(7-5-15)9-2-3-11-10(8-9)12(17)13(18)14-11/h2-3,8H,4-7H2,1H3,(H,14,17,18). The van der Waals surface area contributed by atoms with Crippen LogP contribution < -0.4 is 10.2 Å². The number of hydrogen-bond acceptors (Lipinski definition) is 4. The molecule has 0 unspecified atom stereocenters. The summed E-state index contributed by atoms with van der Waals surface area (Å²) in [5.41, 5.74) is 2.14. The van der Waals surface area contributed by atoms with Crippen molar-refractivity contribution < 1.29 is 9.59 Å². The van der Waals surface area contributed by atoms with E-state index in [0.29, 0.717) is 11.3 Å². The van der Waals surface area contributed by atoms with Crippen molar-refractivity contribution in [2.75, 3.05) is 43.4 Å². The molecule has 18 heavy (non-hydrogen) atoms.